The van der Waals surface area contributed by atoms with Gasteiger partial charge in [-0.15, -0.1) is 0 Å². The Labute approximate surface area is 160 Å². The number of carboxylic acid groups (broad SMARTS) is 1. The van der Waals surface area contributed by atoms with Crippen molar-refractivity contribution >= 4 is 23.5 Å². The molecule has 11 nitrogen and oxygen atoms in total. The van der Waals surface area contributed by atoms with E-state index in [1.165, 1.54) is 28.8 Å². The maximum absolute atomic E-state index is 12.6. The Balaban J connectivity index is 1.77. The summed E-state index contributed by atoms with van der Waals surface area (Å²) in [6, 6.07) is 0. The van der Waals surface area contributed by atoms with Crippen molar-refractivity contribution in [3.63, 3.8) is 0 Å². The fourth-order valence-corrected chi connectivity index (χ4v) is 2.93. The highest BCUT2D eigenvalue weighted by Crippen LogP contribution is 2.17. The molecule has 1 aliphatic rings. The van der Waals surface area contributed by atoms with Gasteiger partial charge in [-0.05, 0) is 19.8 Å². The lowest BCUT2D eigenvalue weighted by Gasteiger charge is -2.10. The standard InChI is InChI=1S/C17H22N6O5/c1-3-23-9-12(14(21-23)15(24)18-7-10-5-4-6-28-10)19-16(25)13-11(17(26)27)8-22(2)20-13/h8-10H,3-7H2,1-2H3,(H,18,24)(H,19,25)(H,26,27). The first-order valence-electron chi connectivity index (χ1n) is 8.94. The molecular weight excluding hydrogens is 368 g/mol. The van der Waals surface area contributed by atoms with Crippen LogP contribution in [0.25, 0.3) is 0 Å². The summed E-state index contributed by atoms with van der Waals surface area (Å²) in [4.78, 5) is 36.4. The molecule has 0 aromatic carbocycles. The van der Waals surface area contributed by atoms with Crippen molar-refractivity contribution in [1.29, 1.82) is 0 Å². The van der Waals surface area contributed by atoms with E-state index in [1.54, 1.807) is 0 Å². The van der Waals surface area contributed by atoms with Crippen LogP contribution in [0.1, 0.15) is 51.1 Å². The molecule has 1 fully saturated rings. The molecule has 1 aliphatic heterocycles. The number of aromatic nitrogens is 4. The maximum atomic E-state index is 12.6. The minimum atomic E-state index is -1.27. The second-order valence-corrected chi connectivity index (χ2v) is 6.42. The van der Waals surface area contributed by atoms with Crippen LogP contribution in [-0.2, 0) is 18.3 Å². The zero-order valence-electron chi connectivity index (χ0n) is 15.6. The van der Waals surface area contributed by atoms with E-state index >= 15 is 0 Å². The summed E-state index contributed by atoms with van der Waals surface area (Å²) in [7, 11) is 1.52. The van der Waals surface area contributed by atoms with Crippen molar-refractivity contribution in [3.8, 4) is 0 Å². The fourth-order valence-electron chi connectivity index (χ4n) is 2.93. The monoisotopic (exact) mass is 390 g/mol. The predicted octanol–water partition coefficient (Wildman–Crippen LogP) is 0.496. The topological polar surface area (TPSA) is 140 Å². The lowest BCUT2D eigenvalue weighted by Crippen LogP contribution is -2.32. The van der Waals surface area contributed by atoms with Gasteiger partial charge in [0, 0.05) is 39.1 Å². The molecule has 2 amide bonds. The van der Waals surface area contributed by atoms with Crippen molar-refractivity contribution in [2.75, 3.05) is 18.5 Å². The van der Waals surface area contributed by atoms with Gasteiger partial charge in [0.1, 0.15) is 5.56 Å². The van der Waals surface area contributed by atoms with E-state index in [0.717, 1.165) is 12.8 Å². The predicted molar refractivity (Wildman–Crippen MR) is 97.3 cm³/mol. The molecule has 1 unspecified atom stereocenters. The maximum Gasteiger partial charge on any atom is 0.339 e. The number of hydrogen-bond donors (Lipinski definition) is 3. The average molecular weight is 390 g/mol. The highest BCUT2D eigenvalue weighted by Gasteiger charge is 2.25. The number of aryl methyl sites for hydroxylation is 2. The zero-order valence-corrected chi connectivity index (χ0v) is 15.6. The van der Waals surface area contributed by atoms with Crippen LogP contribution in [0.3, 0.4) is 0 Å². The second-order valence-electron chi connectivity index (χ2n) is 6.42. The minimum Gasteiger partial charge on any atom is -0.478 e. The molecule has 3 N–H and O–H groups in total. The molecule has 28 heavy (non-hydrogen) atoms. The first-order chi connectivity index (χ1) is 13.4. The molecule has 3 rings (SSSR count). The first kappa shape index (κ1) is 19.5. The molecule has 0 spiro atoms. The van der Waals surface area contributed by atoms with Gasteiger partial charge in [0.05, 0.1) is 11.8 Å². The lowest BCUT2D eigenvalue weighted by atomic mass is 10.2. The van der Waals surface area contributed by atoms with Crippen LogP contribution in [0.5, 0.6) is 0 Å². The summed E-state index contributed by atoms with van der Waals surface area (Å²) in [5.41, 5.74) is -0.253. The van der Waals surface area contributed by atoms with Gasteiger partial charge < -0.3 is 20.5 Å². The lowest BCUT2D eigenvalue weighted by molar-refractivity contribution is 0.0692. The Morgan fingerprint density at radius 3 is 2.68 bits per heavy atom. The van der Waals surface area contributed by atoms with Crippen LogP contribution in [0.4, 0.5) is 5.69 Å². The van der Waals surface area contributed by atoms with Gasteiger partial charge in [-0.3, -0.25) is 19.0 Å². The number of carbonyl (C=O) groups excluding carboxylic acids is 2. The summed E-state index contributed by atoms with van der Waals surface area (Å²) in [5.74, 6) is -2.45. The van der Waals surface area contributed by atoms with Crippen LogP contribution < -0.4 is 10.6 Å². The molecule has 1 saturated heterocycles. The number of aromatic carboxylic acids is 1. The Hall–Kier alpha value is -3.21. The first-order valence-corrected chi connectivity index (χ1v) is 8.94. The molecule has 11 heteroatoms. The van der Waals surface area contributed by atoms with Crippen molar-refractivity contribution in [3.05, 3.63) is 29.3 Å². The van der Waals surface area contributed by atoms with Gasteiger partial charge in [-0.1, -0.05) is 0 Å². The number of carbonyl (C=O) groups is 3. The molecular formula is C17H22N6O5. The Morgan fingerprint density at radius 1 is 1.25 bits per heavy atom. The van der Waals surface area contributed by atoms with Crippen LogP contribution in [0.2, 0.25) is 0 Å². The number of anilines is 1. The minimum absolute atomic E-state index is 0.0260. The van der Waals surface area contributed by atoms with Crippen molar-refractivity contribution < 1.29 is 24.2 Å². The van der Waals surface area contributed by atoms with Crippen molar-refractivity contribution in [1.82, 2.24) is 24.9 Å². The second kappa shape index (κ2) is 8.21. The molecule has 0 bridgehead atoms. The molecule has 1 atom stereocenters. The fraction of sp³-hybridized carbons (Fsp3) is 0.471. The van der Waals surface area contributed by atoms with E-state index in [0.29, 0.717) is 19.7 Å². The number of amides is 2. The summed E-state index contributed by atoms with van der Waals surface area (Å²) in [6.45, 7) is 3.37. The number of ether oxygens (including phenoxy) is 1. The smallest absolute Gasteiger partial charge is 0.339 e. The Kier molecular flexibility index (Phi) is 5.73. The number of nitrogens with zero attached hydrogens (tertiary/aromatic N) is 4. The molecule has 150 valence electrons. The Morgan fingerprint density at radius 2 is 2.04 bits per heavy atom. The van der Waals surface area contributed by atoms with E-state index in [2.05, 4.69) is 20.8 Å². The van der Waals surface area contributed by atoms with Crippen molar-refractivity contribution in [2.24, 2.45) is 7.05 Å². The van der Waals surface area contributed by atoms with Gasteiger partial charge in [0.15, 0.2) is 11.4 Å². The third kappa shape index (κ3) is 4.19. The molecule has 0 aliphatic carbocycles. The van der Waals surface area contributed by atoms with E-state index in [4.69, 9.17) is 4.74 Å². The van der Waals surface area contributed by atoms with E-state index < -0.39 is 17.8 Å². The van der Waals surface area contributed by atoms with Crippen LogP contribution in [-0.4, -0.2) is 61.7 Å². The van der Waals surface area contributed by atoms with Crippen LogP contribution >= 0.6 is 0 Å². The summed E-state index contributed by atoms with van der Waals surface area (Å²) >= 11 is 0. The van der Waals surface area contributed by atoms with E-state index in [-0.39, 0.29) is 28.7 Å². The molecule has 2 aromatic heterocycles. The zero-order chi connectivity index (χ0) is 20.3. The third-order valence-corrected chi connectivity index (χ3v) is 4.34. The Bertz CT molecular complexity index is 896. The van der Waals surface area contributed by atoms with Crippen molar-refractivity contribution in [2.45, 2.75) is 32.4 Å². The molecule has 2 aromatic rings. The SMILES string of the molecule is CCn1cc(NC(=O)c2nn(C)cc2C(=O)O)c(C(=O)NCC2CCCO2)n1. The summed E-state index contributed by atoms with van der Waals surface area (Å²) in [6.07, 6.45) is 4.57. The van der Waals surface area contributed by atoms with E-state index in [9.17, 15) is 19.5 Å². The van der Waals surface area contributed by atoms with Crippen LogP contribution in [0, 0.1) is 0 Å². The average Bonchev–Trinajstić information content (AvgIpc) is 3.38. The molecule has 0 saturated carbocycles. The molecule has 3 heterocycles. The van der Waals surface area contributed by atoms with E-state index in [1.807, 2.05) is 6.92 Å². The highest BCUT2D eigenvalue weighted by atomic mass is 16.5. The van der Waals surface area contributed by atoms with Gasteiger partial charge in [0.25, 0.3) is 11.8 Å². The van der Waals surface area contributed by atoms with Gasteiger partial charge in [-0.2, -0.15) is 10.2 Å². The number of nitrogens with one attached hydrogen (secondary N) is 2. The van der Waals surface area contributed by atoms with Crippen LogP contribution in [0.15, 0.2) is 12.4 Å². The number of rotatable bonds is 7. The summed E-state index contributed by atoms with van der Waals surface area (Å²) < 4.78 is 8.23. The quantitative estimate of drug-likeness (QED) is 0.625. The third-order valence-electron chi connectivity index (χ3n) is 4.34. The number of carboxylic acids is 1. The van der Waals surface area contributed by atoms with Gasteiger partial charge in [-0.25, -0.2) is 4.79 Å². The number of hydrogen-bond acceptors (Lipinski definition) is 6. The highest BCUT2D eigenvalue weighted by molar-refractivity contribution is 6.11. The molecule has 0 radical (unpaired) electrons. The van der Waals surface area contributed by atoms with Gasteiger partial charge >= 0.3 is 5.97 Å². The summed E-state index contributed by atoms with van der Waals surface area (Å²) in [5, 5.41) is 22.6. The largest absolute Gasteiger partial charge is 0.478 e. The van der Waals surface area contributed by atoms with Gasteiger partial charge in [0.2, 0.25) is 0 Å². The normalized spacial score (nSPS) is 16.1.